The third-order valence-corrected chi connectivity index (χ3v) is 3.37. The Labute approximate surface area is 142 Å². The molecular formula is C17H25N3O4. The molecule has 0 spiro atoms. The summed E-state index contributed by atoms with van der Waals surface area (Å²) in [6, 6.07) is 6.11. The molecule has 132 valence electrons. The van der Waals surface area contributed by atoms with Crippen molar-refractivity contribution in [3.8, 4) is 0 Å². The van der Waals surface area contributed by atoms with Crippen LogP contribution < -0.4 is 16.0 Å². The van der Waals surface area contributed by atoms with Gasteiger partial charge in [-0.05, 0) is 18.6 Å². The second-order valence-electron chi connectivity index (χ2n) is 5.25. The van der Waals surface area contributed by atoms with E-state index in [1.54, 1.807) is 24.3 Å². The second kappa shape index (κ2) is 11.0. The Morgan fingerprint density at radius 1 is 1.08 bits per heavy atom. The number of unbranched alkanes of at least 4 members (excludes halogenated alkanes) is 3. The van der Waals surface area contributed by atoms with E-state index in [2.05, 4.69) is 27.6 Å². The summed E-state index contributed by atoms with van der Waals surface area (Å²) in [5.41, 5.74) is 0.735. The Morgan fingerprint density at radius 2 is 1.83 bits per heavy atom. The van der Waals surface area contributed by atoms with E-state index in [0.29, 0.717) is 12.2 Å². The van der Waals surface area contributed by atoms with Crippen LogP contribution in [0.5, 0.6) is 0 Å². The Bertz CT molecular complexity index is 561. The zero-order chi connectivity index (χ0) is 17.8. The third kappa shape index (κ3) is 7.13. The molecule has 3 amide bonds. The molecule has 0 bridgehead atoms. The monoisotopic (exact) mass is 335 g/mol. The van der Waals surface area contributed by atoms with Gasteiger partial charge in [-0.25, -0.2) is 4.79 Å². The molecule has 24 heavy (non-hydrogen) atoms. The van der Waals surface area contributed by atoms with E-state index in [1.807, 2.05) is 0 Å². The molecular weight excluding hydrogens is 310 g/mol. The number of carbonyl (C=O) groups is 3. The summed E-state index contributed by atoms with van der Waals surface area (Å²) in [6.45, 7) is 2.58. The van der Waals surface area contributed by atoms with E-state index in [4.69, 9.17) is 0 Å². The molecule has 0 saturated heterocycles. The highest BCUT2D eigenvalue weighted by Crippen LogP contribution is 2.14. The average molecular weight is 335 g/mol. The molecule has 0 atom stereocenters. The SMILES string of the molecule is CCCCCCNC(=O)NC(=O)c1ccccc1NCC(=O)OC. The zero-order valence-corrected chi connectivity index (χ0v) is 14.2. The predicted octanol–water partition coefficient (Wildman–Crippen LogP) is 2.29. The molecule has 0 unspecified atom stereocenters. The topological polar surface area (TPSA) is 96.5 Å². The second-order valence-corrected chi connectivity index (χ2v) is 5.25. The van der Waals surface area contributed by atoms with Crippen LogP contribution in [0.3, 0.4) is 0 Å². The van der Waals surface area contributed by atoms with Gasteiger partial charge in [0.1, 0.15) is 6.54 Å². The minimum atomic E-state index is -0.533. The summed E-state index contributed by atoms with van der Waals surface area (Å²) in [7, 11) is 1.29. The lowest BCUT2D eigenvalue weighted by Crippen LogP contribution is -2.40. The zero-order valence-electron chi connectivity index (χ0n) is 14.2. The van der Waals surface area contributed by atoms with Crippen LogP contribution >= 0.6 is 0 Å². The van der Waals surface area contributed by atoms with Gasteiger partial charge in [0.2, 0.25) is 0 Å². The van der Waals surface area contributed by atoms with Crippen molar-refractivity contribution < 1.29 is 19.1 Å². The average Bonchev–Trinajstić information content (AvgIpc) is 2.59. The van der Waals surface area contributed by atoms with Crippen molar-refractivity contribution in [2.24, 2.45) is 0 Å². The molecule has 3 N–H and O–H groups in total. The predicted molar refractivity (Wildman–Crippen MR) is 92.0 cm³/mol. The van der Waals surface area contributed by atoms with Gasteiger partial charge in [0.05, 0.1) is 12.7 Å². The van der Waals surface area contributed by atoms with Crippen LogP contribution in [0.4, 0.5) is 10.5 Å². The lowest BCUT2D eigenvalue weighted by molar-refractivity contribution is -0.138. The molecule has 0 aliphatic carbocycles. The van der Waals surface area contributed by atoms with Gasteiger partial charge in [-0.2, -0.15) is 0 Å². The van der Waals surface area contributed by atoms with Gasteiger partial charge >= 0.3 is 12.0 Å². The van der Waals surface area contributed by atoms with Crippen molar-refractivity contribution >= 4 is 23.6 Å². The fourth-order valence-corrected chi connectivity index (χ4v) is 2.04. The number of nitrogens with one attached hydrogen (secondary N) is 3. The van der Waals surface area contributed by atoms with Crippen LogP contribution in [0.15, 0.2) is 24.3 Å². The van der Waals surface area contributed by atoms with E-state index >= 15 is 0 Å². The Kier molecular flexibility index (Phi) is 8.96. The number of rotatable bonds is 9. The summed E-state index contributed by atoms with van der Waals surface area (Å²) >= 11 is 0. The van der Waals surface area contributed by atoms with Gasteiger partial charge < -0.3 is 15.4 Å². The first kappa shape index (κ1) is 19.5. The van der Waals surface area contributed by atoms with Crippen molar-refractivity contribution in [3.63, 3.8) is 0 Å². The summed E-state index contributed by atoms with van der Waals surface area (Å²) in [5, 5.41) is 7.76. The molecule has 1 aromatic carbocycles. The maximum absolute atomic E-state index is 12.2. The molecule has 0 fully saturated rings. The van der Waals surface area contributed by atoms with Gasteiger partial charge in [0.15, 0.2) is 0 Å². The van der Waals surface area contributed by atoms with E-state index in [1.165, 1.54) is 7.11 Å². The molecule has 0 heterocycles. The maximum Gasteiger partial charge on any atom is 0.325 e. The number of urea groups is 1. The van der Waals surface area contributed by atoms with Gasteiger partial charge in [-0.1, -0.05) is 38.3 Å². The van der Waals surface area contributed by atoms with Gasteiger partial charge in [-0.3, -0.25) is 14.9 Å². The third-order valence-electron chi connectivity index (χ3n) is 3.37. The first-order valence-electron chi connectivity index (χ1n) is 8.07. The summed E-state index contributed by atoms with van der Waals surface area (Å²) in [6.07, 6.45) is 4.18. The molecule has 7 heteroatoms. The largest absolute Gasteiger partial charge is 0.468 e. The Hall–Kier alpha value is -2.57. The molecule has 0 aliphatic rings. The summed E-state index contributed by atoms with van der Waals surface area (Å²) in [4.78, 5) is 35.1. The van der Waals surface area contributed by atoms with Crippen LogP contribution in [0.25, 0.3) is 0 Å². The standard InChI is InChI=1S/C17H25N3O4/c1-3-4-5-8-11-18-17(23)20-16(22)13-9-6-7-10-14(13)19-12-15(21)24-2/h6-7,9-10,19H,3-5,8,11-12H2,1-2H3,(H2,18,20,22,23). The lowest BCUT2D eigenvalue weighted by Gasteiger charge is -2.11. The highest BCUT2D eigenvalue weighted by atomic mass is 16.5. The Morgan fingerprint density at radius 3 is 2.54 bits per heavy atom. The smallest absolute Gasteiger partial charge is 0.325 e. The number of carbonyl (C=O) groups excluding carboxylic acids is 3. The summed E-state index contributed by atoms with van der Waals surface area (Å²) < 4.78 is 4.54. The van der Waals surface area contributed by atoms with Crippen LogP contribution in [-0.2, 0) is 9.53 Å². The normalized spacial score (nSPS) is 9.92. The summed E-state index contributed by atoms with van der Waals surface area (Å²) in [5.74, 6) is -0.982. The van der Waals surface area contributed by atoms with Crippen molar-refractivity contribution in [2.75, 3.05) is 25.5 Å². The molecule has 1 rings (SSSR count). The quantitative estimate of drug-likeness (QED) is 0.475. The fourth-order valence-electron chi connectivity index (χ4n) is 2.04. The highest BCUT2D eigenvalue weighted by molar-refractivity contribution is 6.07. The number of hydrogen-bond acceptors (Lipinski definition) is 5. The molecule has 1 aromatic rings. The molecule has 7 nitrogen and oxygen atoms in total. The number of esters is 1. The van der Waals surface area contributed by atoms with Crippen molar-refractivity contribution in [2.45, 2.75) is 32.6 Å². The number of amides is 3. The molecule has 0 saturated carbocycles. The van der Waals surface area contributed by atoms with Crippen LogP contribution in [0.2, 0.25) is 0 Å². The maximum atomic E-state index is 12.2. The first-order chi connectivity index (χ1) is 11.6. The number of methoxy groups -OCH3 is 1. The number of benzene rings is 1. The first-order valence-corrected chi connectivity index (χ1v) is 8.07. The minimum Gasteiger partial charge on any atom is -0.468 e. The van der Waals surface area contributed by atoms with Gasteiger partial charge in [-0.15, -0.1) is 0 Å². The molecule has 0 aromatic heterocycles. The van der Waals surface area contributed by atoms with Crippen molar-refractivity contribution in [1.82, 2.24) is 10.6 Å². The number of imide groups is 1. The number of anilines is 1. The van der Waals surface area contributed by atoms with Crippen LogP contribution in [-0.4, -0.2) is 38.1 Å². The van der Waals surface area contributed by atoms with Gasteiger partial charge in [0.25, 0.3) is 5.91 Å². The van der Waals surface area contributed by atoms with Crippen molar-refractivity contribution in [1.29, 1.82) is 0 Å². The number of hydrogen-bond donors (Lipinski definition) is 3. The highest BCUT2D eigenvalue weighted by Gasteiger charge is 2.14. The number of ether oxygens (including phenoxy) is 1. The fraction of sp³-hybridized carbons (Fsp3) is 0.471. The van der Waals surface area contributed by atoms with E-state index in [0.717, 1.165) is 25.7 Å². The Balaban J connectivity index is 2.51. The van der Waals surface area contributed by atoms with E-state index < -0.39 is 17.9 Å². The van der Waals surface area contributed by atoms with Crippen LogP contribution in [0, 0.1) is 0 Å². The number of para-hydroxylation sites is 1. The van der Waals surface area contributed by atoms with Gasteiger partial charge in [0, 0.05) is 12.2 Å². The molecule has 0 radical (unpaired) electrons. The van der Waals surface area contributed by atoms with E-state index in [-0.39, 0.29) is 12.1 Å². The van der Waals surface area contributed by atoms with Crippen LogP contribution in [0.1, 0.15) is 43.0 Å². The molecule has 0 aliphatic heterocycles. The minimum absolute atomic E-state index is 0.0651. The van der Waals surface area contributed by atoms with Crippen molar-refractivity contribution in [3.05, 3.63) is 29.8 Å². The lowest BCUT2D eigenvalue weighted by atomic mass is 10.1. The van der Waals surface area contributed by atoms with E-state index in [9.17, 15) is 14.4 Å².